The maximum absolute atomic E-state index is 11.2. The summed E-state index contributed by atoms with van der Waals surface area (Å²) in [6, 6.07) is 15.8. The molecule has 0 bridgehead atoms. The van der Waals surface area contributed by atoms with Gasteiger partial charge in [-0.1, -0.05) is 73.4 Å². The summed E-state index contributed by atoms with van der Waals surface area (Å²) in [4.78, 5) is 19.2. The highest BCUT2D eigenvalue weighted by Gasteiger charge is 2.73. The lowest BCUT2D eigenvalue weighted by atomic mass is 9.98. The molecule has 1 aliphatic rings. The second kappa shape index (κ2) is 6.39. The van der Waals surface area contributed by atoms with Crippen molar-refractivity contribution in [1.82, 2.24) is 9.97 Å². The van der Waals surface area contributed by atoms with Crippen LogP contribution < -0.4 is 0 Å². The Labute approximate surface area is 167 Å². The Morgan fingerprint density at radius 1 is 1.15 bits per heavy atom. The number of aromatic nitrogens is 2. The van der Waals surface area contributed by atoms with E-state index in [9.17, 15) is 4.79 Å². The third kappa shape index (κ3) is 2.75. The maximum Gasteiger partial charge on any atom is 0.294 e. The van der Waals surface area contributed by atoms with Gasteiger partial charge in [-0.05, 0) is 23.8 Å². The average molecular weight is 401 g/mol. The van der Waals surface area contributed by atoms with Crippen molar-refractivity contribution >= 4 is 40.7 Å². The van der Waals surface area contributed by atoms with E-state index < -0.39 is 5.60 Å². The molecule has 3 aromatic rings. The number of hydrogen-bond donors (Lipinski definition) is 1. The van der Waals surface area contributed by atoms with Crippen molar-refractivity contribution in [2.45, 2.75) is 19.4 Å². The first-order chi connectivity index (χ1) is 12.9. The van der Waals surface area contributed by atoms with Gasteiger partial charge in [-0.3, -0.25) is 4.79 Å². The molecule has 1 fully saturated rings. The van der Waals surface area contributed by atoms with Gasteiger partial charge in [-0.15, -0.1) is 0 Å². The molecule has 0 radical (unpaired) electrons. The first kappa shape index (κ1) is 18.1. The molecule has 1 aliphatic carbocycles. The molecule has 0 aliphatic heterocycles. The normalized spacial score (nSPS) is 23.0. The molecule has 1 N–H and O–H groups in total. The Morgan fingerprint density at radius 3 is 2.48 bits per heavy atom. The second-order valence-corrected chi connectivity index (χ2v) is 8.29. The molecule has 27 heavy (non-hydrogen) atoms. The summed E-state index contributed by atoms with van der Waals surface area (Å²) < 4.78 is 5.75. The number of nitrogens with zero attached hydrogens (tertiary/aromatic N) is 1. The first-order valence-electron chi connectivity index (χ1n) is 8.60. The highest BCUT2D eigenvalue weighted by atomic mass is 35.5. The third-order valence-corrected chi connectivity index (χ3v) is 5.84. The topological polar surface area (TPSA) is 55.0 Å². The van der Waals surface area contributed by atoms with Crippen molar-refractivity contribution in [1.29, 1.82) is 0 Å². The van der Waals surface area contributed by atoms with Gasteiger partial charge < -0.3 is 9.72 Å². The number of nitrogens with one attached hydrogen (secondary N) is 1. The number of hydrogen-bond acceptors (Lipinski definition) is 3. The molecule has 6 heteroatoms. The van der Waals surface area contributed by atoms with E-state index in [1.54, 1.807) is 6.08 Å². The summed E-state index contributed by atoms with van der Waals surface area (Å²) in [6.45, 7) is 4.55. The van der Waals surface area contributed by atoms with Crippen molar-refractivity contribution in [3.63, 3.8) is 0 Å². The van der Waals surface area contributed by atoms with Gasteiger partial charge in [0.25, 0.3) is 6.47 Å². The zero-order valence-corrected chi connectivity index (χ0v) is 16.4. The second-order valence-electron chi connectivity index (χ2n) is 7.29. The number of para-hydroxylation sites is 2. The highest BCUT2D eigenvalue weighted by Crippen LogP contribution is 2.70. The van der Waals surface area contributed by atoms with Crippen LogP contribution in [0.1, 0.15) is 19.4 Å². The van der Waals surface area contributed by atoms with Crippen LogP contribution in [0.3, 0.4) is 0 Å². The van der Waals surface area contributed by atoms with E-state index in [1.807, 2.05) is 62.4 Å². The first-order valence-corrected chi connectivity index (χ1v) is 9.35. The number of H-pyrrole nitrogens is 1. The Balaban J connectivity index is 1.72. The van der Waals surface area contributed by atoms with Crippen LogP contribution >= 0.6 is 23.2 Å². The zero-order valence-electron chi connectivity index (χ0n) is 14.9. The lowest BCUT2D eigenvalue weighted by Gasteiger charge is -2.19. The lowest BCUT2D eigenvalue weighted by Crippen LogP contribution is -2.19. The van der Waals surface area contributed by atoms with Crippen LogP contribution in [0, 0.1) is 11.3 Å². The number of benzene rings is 2. The SMILES string of the molecule is CC1(C)C(C=C(Cl)Cl)C1(OC=O)c1ccc(-c2nc3ccccc3[nH]2)cc1. The molecule has 4 nitrogen and oxygen atoms in total. The fraction of sp³-hybridized carbons (Fsp3) is 0.238. The van der Waals surface area contributed by atoms with E-state index >= 15 is 0 Å². The van der Waals surface area contributed by atoms with E-state index in [-0.39, 0.29) is 15.8 Å². The molecular formula is C21H18Cl2N2O2. The van der Waals surface area contributed by atoms with Crippen molar-refractivity contribution in [2.24, 2.45) is 11.3 Å². The molecule has 1 heterocycles. The van der Waals surface area contributed by atoms with Crippen molar-refractivity contribution < 1.29 is 9.53 Å². The number of ether oxygens (including phenoxy) is 1. The molecular weight excluding hydrogens is 383 g/mol. The fourth-order valence-corrected chi connectivity index (χ4v) is 4.35. The summed E-state index contributed by atoms with van der Waals surface area (Å²) in [5.41, 5.74) is 2.66. The van der Waals surface area contributed by atoms with E-state index in [4.69, 9.17) is 27.9 Å². The van der Waals surface area contributed by atoms with Crippen LogP contribution in [0.2, 0.25) is 0 Å². The van der Waals surface area contributed by atoms with Gasteiger partial charge in [0.15, 0.2) is 0 Å². The molecule has 0 amide bonds. The minimum absolute atomic E-state index is 0.0998. The van der Waals surface area contributed by atoms with Gasteiger partial charge in [-0.25, -0.2) is 4.98 Å². The molecule has 2 unspecified atom stereocenters. The molecule has 1 aromatic heterocycles. The van der Waals surface area contributed by atoms with E-state index in [2.05, 4.69) is 9.97 Å². The van der Waals surface area contributed by atoms with Gasteiger partial charge in [-0.2, -0.15) is 0 Å². The zero-order chi connectivity index (χ0) is 19.2. The van der Waals surface area contributed by atoms with E-state index in [0.29, 0.717) is 6.47 Å². The standard InChI is InChI=1S/C21H18Cl2N2O2/c1-20(2)17(11-18(22)23)21(20,27-12-26)14-9-7-13(8-10-14)19-24-15-5-3-4-6-16(15)25-19/h3-12,17H,1-2H3,(H,24,25). The number of rotatable bonds is 5. The molecule has 2 aromatic carbocycles. The van der Waals surface area contributed by atoms with Crippen LogP contribution in [0.4, 0.5) is 0 Å². The van der Waals surface area contributed by atoms with Gasteiger partial charge in [0.05, 0.1) is 11.0 Å². The fourth-order valence-electron chi connectivity index (χ4n) is 4.10. The smallest absolute Gasteiger partial charge is 0.294 e. The summed E-state index contributed by atoms with van der Waals surface area (Å²) in [7, 11) is 0. The number of halogens is 2. The van der Waals surface area contributed by atoms with Crippen molar-refractivity contribution in [3.05, 3.63) is 64.7 Å². The lowest BCUT2D eigenvalue weighted by molar-refractivity contribution is -0.138. The van der Waals surface area contributed by atoms with Crippen molar-refractivity contribution in [3.8, 4) is 11.4 Å². The largest absolute Gasteiger partial charge is 0.455 e. The summed E-state index contributed by atoms with van der Waals surface area (Å²) in [5, 5.41) is 0. The maximum atomic E-state index is 11.2. The number of imidazole rings is 1. The predicted octanol–water partition coefficient (Wildman–Crippen LogP) is 5.57. The minimum Gasteiger partial charge on any atom is -0.455 e. The molecule has 2 atom stereocenters. The Bertz CT molecular complexity index is 1000. The van der Waals surface area contributed by atoms with Gasteiger partial charge in [0, 0.05) is 16.9 Å². The van der Waals surface area contributed by atoms with E-state index in [0.717, 1.165) is 28.0 Å². The summed E-state index contributed by atoms with van der Waals surface area (Å²) in [6.07, 6.45) is 1.74. The van der Waals surface area contributed by atoms with Crippen LogP contribution in [-0.2, 0) is 15.1 Å². The molecule has 138 valence electrons. The highest BCUT2D eigenvalue weighted by molar-refractivity contribution is 6.55. The quantitative estimate of drug-likeness (QED) is 0.569. The van der Waals surface area contributed by atoms with Crippen LogP contribution in [-0.4, -0.2) is 16.4 Å². The number of carbonyl (C=O) groups is 1. The molecule has 0 spiro atoms. The Hall–Kier alpha value is -2.30. The van der Waals surface area contributed by atoms with Crippen LogP contribution in [0.15, 0.2) is 59.1 Å². The number of carbonyl (C=O) groups excluding carboxylic acids is 1. The Morgan fingerprint density at radius 2 is 1.85 bits per heavy atom. The Kier molecular flexibility index (Phi) is 4.28. The van der Waals surface area contributed by atoms with Gasteiger partial charge in [0.2, 0.25) is 0 Å². The van der Waals surface area contributed by atoms with E-state index in [1.165, 1.54) is 0 Å². The van der Waals surface area contributed by atoms with Gasteiger partial charge >= 0.3 is 0 Å². The predicted molar refractivity (Wildman–Crippen MR) is 107 cm³/mol. The minimum atomic E-state index is -0.782. The van der Waals surface area contributed by atoms with Crippen LogP contribution in [0.25, 0.3) is 22.4 Å². The molecule has 4 rings (SSSR count). The summed E-state index contributed by atoms with van der Waals surface area (Å²) in [5.74, 6) is 0.695. The summed E-state index contributed by atoms with van der Waals surface area (Å²) >= 11 is 11.7. The third-order valence-electron chi connectivity index (χ3n) is 5.59. The van der Waals surface area contributed by atoms with Crippen LogP contribution in [0.5, 0.6) is 0 Å². The number of aromatic amines is 1. The van der Waals surface area contributed by atoms with Crippen molar-refractivity contribution in [2.75, 3.05) is 0 Å². The average Bonchev–Trinajstić information content (AvgIpc) is 2.98. The van der Waals surface area contributed by atoms with Gasteiger partial charge in [0.1, 0.15) is 15.9 Å². The number of fused-ring (bicyclic) bond motifs is 1. The molecule has 1 saturated carbocycles. The monoisotopic (exact) mass is 400 g/mol. The molecule has 0 saturated heterocycles.